The van der Waals surface area contributed by atoms with Crippen LogP contribution < -0.4 is 9.47 Å². The first-order valence-corrected chi connectivity index (χ1v) is 10.6. The van der Waals surface area contributed by atoms with Gasteiger partial charge < -0.3 is 9.47 Å². The van der Waals surface area contributed by atoms with Gasteiger partial charge in [-0.2, -0.15) is 0 Å². The number of rotatable bonds is 4. The quantitative estimate of drug-likeness (QED) is 0.118. The van der Waals surface area contributed by atoms with Crippen molar-refractivity contribution in [2.75, 3.05) is 0 Å². The van der Waals surface area contributed by atoms with Crippen molar-refractivity contribution in [3.05, 3.63) is 119 Å². The van der Waals surface area contributed by atoms with E-state index in [2.05, 4.69) is 0 Å². The molecule has 0 aliphatic heterocycles. The van der Waals surface area contributed by atoms with Crippen molar-refractivity contribution < 1.29 is 36.6 Å². The van der Waals surface area contributed by atoms with E-state index in [1.54, 1.807) is 48.5 Å². The van der Waals surface area contributed by atoms with Crippen LogP contribution in [0.25, 0.3) is 21.5 Å². The van der Waals surface area contributed by atoms with Crippen molar-refractivity contribution in [2.45, 2.75) is 0 Å². The summed E-state index contributed by atoms with van der Waals surface area (Å²) in [5, 5.41) is 1.24. The Bertz CT molecular complexity index is 1500. The molecular formula is C28H14F4O4. The number of ether oxygens (including phenoxy) is 2. The number of hydrogen-bond donors (Lipinski definition) is 0. The van der Waals surface area contributed by atoms with Crippen LogP contribution in [0.3, 0.4) is 0 Å². The van der Waals surface area contributed by atoms with Crippen LogP contribution in [0.2, 0.25) is 0 Å². The number of fused-ring (bicyclic) bond motifs is 2. The Hall–Kier alpha value is -4.72. The molecule has 0 heterocycles. The van der Waals surface area contributed by atoms with E-state index in [-0.39, 0.29) is 11.5 Å². The summed E-state index contributed by atoms with van der Waals surface area (Å²) in [6.45, 7) is 0. The minimum Gasteiger partial charge on any atom is -0.422 e. The first kappa shape index (κ1) is 23.0. The summed E-state index contributed by atoms with van der Waals surface area (Å²) in [7, 11) is 0. The van der Waals surface area contributed by atoms with Crippen LogP contribution in [0.15, 0.2) is 84.9 Å². The first-order chi connectivity index (χ1) is 17.4. The first-order valence-electron chi connectivity index (χ1n) is 10.6. The van der Waals surface area contributed by atoms with Crippen molar-refractivity contribution in [1.29, 1.82) is 0 Å². The molecule has 5 rings (SSSR count). The lowest BCUT2D eigenvalue weighted by molar-refractivity contribution is 0.0720. The third-order valence-electron chi connectivity index (χ3n) is 5.57. The zero-order valence-electron chi connectivity index (χ0n) is 18.2. The van der Waals surface area contributed by atoms with Gasteiger partial charge in [-0.15, -0.1) is 0 Å². The summed E-state index contributed by atoms with van der Waals surface area (Å²) in [6, 6.07) is 19.1. The summed E-state index contributed by atoms with van der Waals surface area (Å²) in [5.41, 5.74) is -1.19. The molecule has 4 nitrogen and oxygen atoms in total. The van der Waals surface area contributed by atoms with Crippen molar-refractivity contribution >= 4 is 33.5 Å². The van der Waals surface area contributed by atoms with Gasteiger partial charge in [-0.25, -0.2) is 27.2 Å². The lowest BCUT2D eigenvalue weighted by Gasteiger charge is -2.16. The van der Waals surface area contributed by atoms with Gasteiger partial charge in [0.25, 0.3) is 0 Å². The molecule has 0 radical (unpaired) electrons. The zero-order valence-corrected chi connectivity index (χ0v) is 18.2. The molecule has 0 aliphatic carbocycles. The lowest BCUT2D eigenvalue weighted by Crippen LogP contribution is -2.14. The molecule has 0 amide bonds. The van der Waals surface area contributed by atoms with E-state index < -0.39 is 46.3 Å². The Morgan fingerprint density at radius 2 is 0.806 bits per heavy atom. The predicted molar refractivity (Wildman–Crippen MR) is 124 cm³/mol. The van der Waals surface area contributed by atoms with E-state index in [9.17, 15) is 27.2 Å². The molecular weight excluding hydrogens is 476 g/mol. The molecule has 0 fully saturated rings. The Balaban J connectivity index is 1.67. The van der Waals surface area contributed by atoms with E-state index >= 15 is 0 Å². The Labute approximate surface area is 201 Å². The monoisotopic (exact) mass is 490 g/mol. The zero-order chi connectivity index (χ0) is 25.4. The molecule has 0 bridgehead atoms. The molecule has 36 heavy (non-hydrogen) atoms. The lowest BCUT2D eigenvalue weighted by atomic mass is 10.0. The summed E-state index contributed by atoms with van der Waals surface area (Å²) in [4.78, 5) is 25.6. The molecule has 0 aliphatic rings. The molecule has 8 heteroatoms. The van der Waals surface area contributed by atoms with Gasteiger partial charge in [0.1, 0.15) is 11.5 Å². The minimum atomic E-state index is -1.35. The maximum absolute atomic E-state index is 14.2. The maximum atomic E-state index is 14.2. The fourth-order valence-corrected chi connectivity index (χ4v) is 3.89. The number of esters is 2. The summed E-state index contributed by atoms with van der Waals surface area (Å²) in [6.07, 6.45) is 0. The van der Waals surface area contributed by atoms with Crippen molar-refractivity contribution in [3.8, 4) is 11.5 Å². The Kier molecular flexibility index (Phi) is 5.85. The Morgan fingerprint density at radius 3 is 1.14 bits per heavy atom. The van der Waals surface area contributed by atoms with E-state index in [1.807, 2.05) is 0 Å². The van der Waals surface area contributed by atoms with E-state index in [4.69, 9.17) is 9.47 Å². The highest BCUT2D eigenvalue weighted by molar-refractivity contribution is 6.13. The Morgan fingerprint density at radius 1 is 0.472 bits per heavy atom. The highest BCUT2D eigenvalue weighted by Gasteiger charge is 2.24. The number of halogens is 4. The van der Waals surface area contributed by atoms with Crippen molar-refractivity contribution in [3.63, 3.8) is 0 Å². The number of carbonyl (C=O) groups excluding carboxylic acids is 2. The van der Waals surface area contributed by atoms with Gasteiger partial charge in [0, 0.05) is 21.5 Å². The van der Waals surface area contributed by atoms with Gasteiger partial charge in [-0.3, -0.25) is 0 Å². The van der Waals surface area contributed by atoms with Crippen LogP contribution in [0, 0.1) is 23.3 Å². The summed E-state index contributed by atoms with van der Waals surface area (Å²) < 4.78 is 66.9. The van der Waals surface area contributed by atoms with Crippen LogP contribution in [0.4, 0.5) is 17.6 Å². The number of benzene rings is 5. The van der Waals surface area contributed by atoms with Crippen LogP contribution in [0.5, 0.6) is 11.5 Å². The fraction of sp³-hybridized carbons (Fsp3) is 0. The van der Waals surface area contributed by atoms with Crippen LogP contribution in [-0.2, 0) is 0 Å². The van der Waals surface area contributed by atoms with Crippen molar-refractivity contribution in [2.24, 2.45) is 0 Å². The molecule has 5 aromatic rings. The van der Waals surface area contributed by atoms with Gasteiger partial charge in [-0.05, 0) is 24.3 Å². The third kappa shape index (κ3) is 3.92. The normalized spacial score (nSPS) is 11.0. The topological polar surface area (TPSA) is 52.6 Å². The second-order valence-electron chi connectivity index (χ2n) is 7.73. The molecule has 0 aromatic heterocycles. The van der Waals surface area contributed by atoms with E-state index in [0.29, 0.717) is 21.5 Å². The highest BCUT2D eigenvalue weighted by atomic mass is 19.2. The number of hydrogen-bond acceptors (Lipinski definition) is 4. The molecule has 0 atom stereocenters. The molecule has 5 aromatic carbocycles. The van der Waals surface area contributed by atoms with Crippen LogP contribution in [-0.4, -0.2) is 11.9 Å². The van der Waals surface area contributed by atoms with Crippen molar-refractivity contribution in [1.82, 2.24) is 0 Å². The molecule has 0 N–H and O–H groups in total. The van der Waals surface area contributed by atoms with E-state index in [0.717, 1.165) is 24.3 Å². The van der Waals surface area contributed by atoms with Gasteiger partial charge in [0.15, 0.2) is 23.3 Å². The SMILES string of the molecule is O=C(Oc1c2ccccc2c(OC(=O)c2cccc(F)c2F)c2ccccc12)c1cccc(F)c1F. The van der Waals surface area contributed by atoms with Crippen LogP contribution in [0.1, 0.15) is 20.7 Å². The van der Waals surface area contributed by atoms with Gasteiger partial charge in [-0.1, -0.05) is 60.7 Å². The maximum Gasteiger partial charge on any atom is 0.346 e. The summed E-state index contributed by atoms with van der Waals surface area (Å²) >= 11 is 0. The molecule has 0 saturated heterocycles. The smallest absolute Gasteiger partial charge is 0.346 e. The average molecular weight is 490 g/mol. The predicted octanol–water partition coefficient (Wildman–Crippen LogP) is 6.99. The highest BCUT2D eigenvalue weighted by Crippen LogP contribution is 2.43. The second-order valence-corrected chi connectivity index (χ2v) is 7.73. The van der Waals surface area contributed by atoms with Gasteiger partial charge in [0.05, 0.1) is 11.1 Å². The molecule has 0 saturated carbocycles. The fourth-order valence-electron chi connectivity index (χ4n) is 3.89. The van der Waals surface area contributed by atoms with E-state index in [1.165, 1.54) is 12.1 Å². The largest absolute Gasteiger partial charge is 0.422 e. The number of carbonyl (C=O) groups is 2. The third-order valence-corrected chi connectivity index (χ3v) is 5.57. The van der Waals surface area contributed by atoms with Gasteiger partial charge >= 0.3 is 11.9 Å². The van der Waals surface area contributed by atoms with Gasteiger partial charge in [0.2, 0.25) is 0 Å². The minimum absolute atomic E-state index is 0.0200. The average Bonchev–Trinajstić information content (AvgIpc) is 2.89. The molecule has 178 valence electrons. The second kappa shape index (κ2) is 9.14. The molecule has 0 unspecified atom stereocenters. The molecule has 0 spiro atoms. The van der Waals surface area contributed by atoms with Crippen LogP contribution >= 0.6 is 0 Å². The standard InChI is InChI=1S/C28H14F4O4/c29-21-13-5-11-19(23(21)31)27(33)35-25-15-7-1-2-8-16(15)26(18-10-4-3-9-17(18)25)36-28(34)20-12-6-14-22(30)24(20)32/h1-14H. The summed E-state index contributed by atoms with van der Waals surface area (Å²) in [5.74, 6) is -7.32.